The highest BCUT2D eigenvalue weighted by Crippen LogP contribution is 2.14. The lowest BCUT2D eigenvalue weighted by Gasteiger charge is -2.08. The number of hydrogen-bond acceptors (Lipinski definition) is 3. The first-order chi connectivity index (χ1) is 10.1. The average molecular weight is 312 g/mol. The van der Waals surface area contributed by atoms with E-state index in [2.05, 4.69) is 17.0 Å². The van der Waals surface area contributed by atoms with Crippen LogP contribution in [-0.4, -0.2) is 21.5 Å². The van der Waals surface area contributed by atoms with Gasteiger partial charge in [-0.05, 0) is 37.6 Å². The standard InChI is InChI=1S/C16H28N2O2S/c1-3-5-6-7-8-9-14-18-21(19,20)16-12-10-15(11-13-16)17-4-2/h10-13,17-18H,3-9,14H2,1-2H3. The fourth-order valence-corrected chi connectivity index (χ4v) is 3.23. The van der Waals surface area contributed by atoms with Gasteiger partial charge in [-0.2, -0.15) is 0 Å². The summed E-state index contributed by atoms with van der Waals surface area (Å²) in [6.45, 7) is 5.54. The van der Waals surface area contributed by atoms with Crippen molar-refractivity contribution in [3.63, 3.8) is 0 Å². The van der Waals surface area contributed by atoms with E-state index in [0.717, 1.165) is 25.1 Å². The maximum Gasteiger partial charge on any atom is 0.240 e. The van der Waals surface area contributed by atoms with Crippen LogP contribution in [0.2, 0.25) is 0 Å². The summed E-state index contributed by atoms with van der Waals surface area (Å²) in [6.07, 6.45) is 6.92. The summed E-state index contributed by atoms with van der Waals surface area (Å²) >= 11 is 0. The van der Waals surface area contributed by atoms with Crippen LogP contribution in [0.5, 0.6) is 0 Å². The minimum Gasteiger partial charge on any atom is -0.385 e. The van der Waals surface area contributed by atoms with Crippen LogP contribution >= 0.6 is 0 Å². The Hall–Kier alpha value is -1.07. The summed E-state index contributed by atoms with van der Waals surface area (Å²) in [6, 6.07) is 6.87. The third-order valence-electron chi connectivity index (χ3n) is 3.37. The highest BCUT2D eigenvalue weighted by Gasteiger charge is 2.12. The lowest BCUT2D eigenvalue weighted by atomic mass is 10.1. The van der Waals surface area contributed by atoms with Gasteiger partial charge in [-0.15, -0.1) is 0 Å². The molecule has 5 heteroatoms. The van der Waals surface area contributed by atoms with Crippen LogP contribution in [0.15, 0.2) is 29.2 Å². The summed E-state index contributed by atoms with van der Waals surface area (Å²) in [7, 11) is -3.37. The van der Waals surface area contributed by atoms with E-state index < -0.39 is 10.0 Å². The predicted molar refractivity (Wildman–Crippen MR) is 89.2 cm³/mol. The van der Waals surface area contributed by atoms with E-state index in [9.17, 15) is 8.42 Å². The molecule has 0 spiro atoms. The maximum atomic E-state index is 12.1. The van der Waals surface area contributed by atoms with Crippen molar-refractivity contribution < 1.29 is 8.42 Å². The van der Waals surface area contributed by atoms with E-state index in [1.807, 2.05) is 6.92 Å². The minimum atomic E-state index is -3.37. The Kier molecular flexibility index (Phi) is 8.38. The molecule has 1 aromatic rings. The quantitative estimate of drug-likeness (QED) is 0.612. The topological polar surface area (TPSA) is 58.2 Å². The number of hydrogen-bond donors (Lipinski definition) is 2. The van der Waals surface area contributed by atoms with Gasteiger partial charge in [0.05, 0.1) is 4.90 Å². The van der Waals surface area contributed by atoms with Gasteiger partial charge in [0.15, 0.2) is 0 Å². The van der Waals surface area contributed by atoms with Crippen molar-refractivity contribution in [2.75, 3.05) is 18.4 Å². The van der Waals surface area contributed by atoms with Crippen LogP contribution in [0.3, 0.4) is 0 Å². The molecule has 0 radical (unpaired) electrons. The highest BCUT2D eigenvalue weighted by molar-refractivity contribution is 7.89. The van der Waals surface area contributed by atoms with Crippen LogP contribution in [0, 0.1) is 0 Å². The van der Waals surface area contributed by atoms with Crippen LogP contribution in [0.1, 0.15) is 52.4 Å². The van der Waals surface area contributed by atoms with Gasteiger partial charge in [-0.3, -0.25) is 0 Å². The minimum absolute atomic E-state index is 0.329. The lowest BCUT2D eigenvalue weighted by molar-refractivity contribution is 0.567. The van der Waals surface area contributed by atoms with Gasteiger partial charge in [-0.25, -0.2) is 13.1 Å². The number of unbranched alkanes of at least 4 members (excludes halogenated alkanes) is 5. The Morgan fingerprint density at radius 1 is 0.905 bits per heavy atom. The lowest BCUT2D eigenvalue weighted by Crippen LogP contribution is -2.24. The fraction of sp³-hybridized carbons (Fsp3) is 0.625. The molecule has 1 rings (SSSR count). The number of benzene rings is 1. The third kappa shape index (κ3) is 6.96. The number of anilines is 1. The van der Waals surface area contributed by atoms with E-state index >= 15 is 0 Å². The Morgan fingerprint density at radius 2 is 1.52 bits per heavy atom. The molecule has 0 amide bonds. The first kappa shape index (κ1) is 18.0. The SMILES string of the molecule is CCCCCCCCNS(=O)(=O)c1ccc(NCC)cc1. The number of sulfonamides is 1. The van der Waals surface area contributed by atoms with Gasteiger partial charge >= 0.3 is 0 Å². The molecule has 0 heterocycles. The second-order valence-corrected chi connectivity index (χ2v) is 6.99. The Morgan fingerprint density at radius 3 is 2.14 bits per heavy atom. The summed E-state index contributed by atoms with van der Waals surface area (Å²) < 4.78 is 26.9. The van der Waals surface area contributed by atoms with Crippen LogP contribution < -0.4 is 10.0 Å². The first-order valence-electron chi connectivity index (χ1n) is 7.93. The normalized spacial score (nSPS) is 11.5. The zero-order valence-corrected chi connectivity index (χ0v) is 14.0. The summed E-state index contributed by atoms with van der Waals surface area (Å²) in [5, 5.41) is 3.15. The first-order valence-corrected chi connectivity index (χ1v) is 9.42. The molecule has 0 fully saturated rings. The van der Waals surface area contributed by atoms with Gasteiger partial charge in [0.2, 0.25) is 10.0 Å². The fourth-order valence-electron chi connectivity index (χ4n) is 2.15. The highest BCUT2D eigenvalue weighted by atomic mass is 32.2. The summed E-state index contributed by atoms with van der Waals surface area (Å²) in [4.78, 5) is 0.329. The molecule has 1 aromatic carbocycles. The second kappa shape index (κ2) is 9.79. The summed E-state index contributed by atoms with van der Waals surface area (Å²) in [5.74, 6) is 0. The van der Waals surface area contributed by atoms with Crippen molar-refractivity contribution >= 4 is 15.7 Å². The van der Waals surface area contributed by atoms with Crippen molar-refractivity contribution in [2.24, 2.45) is 0 Å². The maximum absolute atomic E-state index is 12.1. The van der Waals surface area contributed by atoms with Crippen molar-refractivity contribution in [3.8, 4) is 0 Å². The van der Waals surface area contributed by atoms with Gasteiger partial charge in [-0.1, -0.05) is 39.0 Å². The van der Waals surface area contributed by atoms with Crippen molar-refractivity contribution in [1.82, 2.24) is 4.72 Å². The molecule has 0 aliphatic carbocycles. The Labute approximate surface area is 129 Å². The van der Waals surface area contributed by atoms with Crippen LogP contribution in [-0.2, 0) is 10.0 Å². The van der Waals surface area contributed by atoms with E-state index in [4.69, 9.17) is 0 Å². The average Bonchev–Trinajstić information content (AvgIpc) is 2.47. The van der Waals surface area contributed by atoms with E-state index in [0.29, 0.717) is 11.4 Å². The van der Waals surface area contributed by atoms with Gasteiger partial charge in [0.1, 0.15) is 0 Å². The molecular weight excluding hydrogens is 284 g/mol. The van der Waals surface area contributed by atoms with Crippen LogP contribution in [0.4, 0.5) is 5.69 Å². The summed E-state index contributed by atoms with van der Waals surface area (Å²) in [5.41, 5.74) is 0.937. The molecule has 21 heavy (non-hydrogen) atoms. The predicted octanol–water partition coefficient (Wildman–Crippen LogP) is 3.76. The molecule has 4 nitrogen and oxygen atoms in total. The molecule has 0 aromatic heterocycles. The molecule has 0 bridgehead atoms. The Balaban J connectivity index is 2.35. The second-order valence-electron chi connectivity index (χ2n) is 5.22. The monoisotopic (exact) mass is 312 g/mol. The largest absolute Gasteiger partial charge is 0.385 e. The zero-order valence-electron chi connectivity index (χ0n) is 13.2. The van der Waals surface area contributed by atoms with E-state index in [1.54, 1.807) is 24.3 Å². The molecular formula is C16H28N2O2S. The molecule has 120 valence electrons. The van der Waals surface area contributed by atoms with Gasteiger partial charge in [0.25, 0.3) is 0 Å². The molecule has 0 saturated carbocycles. The van der Waals surface area contributed by atoms with E-state index in [1.165, 1.54) is 25.7 Å². The van der Waals surface area contributed by atoms with Crippen molar-refractivity contribution in [3.05, 3.63) is 24.3 Å². The zero-order chi connectivity index (χ0) is 15.6. The molecule has 0 unspecified atom stereocenters. The molecule has 0 aliphatic rings. The van der Waals surface area contributed by atoms with Crippen molar-refractivity contribution in [1.29, 1.82) is 0 Å². The Bertz CT molecular complexity index is 484. The van der Waals surface area contributed by atoms with Gasteiger partial charge in [0, 0.05) is 18.8 Å². The number of rotatable bonds is 11. The number of nitrogens with one attached hydrogen (secondary N) is 2. The van der Waals surface area contributed by atoms with Crippen LogP contribution in [0.25, 0.3) is 0 Å². The van der Waals surface area contributed by atoms with Gasteiger partial charge < -0.3 is 5.32 Å². The molecule has 0 aliphatic heterocycles. The third-order valence-corrected chi connectivity index (χ3v) is 4.84. The smallest absolute Gasteiger partial charge is 0.240 e. The molecule has 0 atom stereocenters. The van der Waals surface area contributed by atoms with Crippen molar-refractivity contribution in [2.45, 2.75) is 57.3 Å². The molecule has 2 N–H and O–H groups in total. The van der Waals surface area contributed by atoms with E-state index in [-0.39, 0.29) is 0 Å². The molecule has 0 saturated heterocycles.